The minimum Gasteiger partial charge on any atom is -0.395 e. The molecule has 90 valence electrons. The van der Waals surface area contributed by atoms with Gasteiger partial charge in [-0.3, -0.25) is 4.98 Å². The summed E-state index contributed by atoms with van der Waals surface area (Å²) in [5.74, 6) is 0. The molecule has 3 heteroatoms. The maximum atomic E-state index is 9.10. The second-order valence-corrected chi connectivity index (χ2v) is 4.20. The first-order valence-corrected chi connectivity index (χ1v) is 6.01. The molecule has 0 saturated carbocycles. The number of aromatic nitrogens is 1. The molecule has 2 rings (SSSR count). The first-order valence-electron chi connectivity index (χ1n) is 6.01. The molecular formula is C14H18N2O. The van der Waals surface area contributed by atoms with Crippen LogP contribution in [0.15, 0.2) is 36.5 Å². The summed E-state index contributed by atoms with van der Waals surface area (Å²) >= 11 is 0. The molecule has 2 N–H and O–H groups in total. The van der Waals surface area contributed by atoms with Gasteiger partial charge < -0.3 is 10.4 Å². The lowest BCUT2D eigenvalue weighted by Gasteiger charge is -2.14. The molecule has 17 heavy (non-hydrogen) atoms. The SMILES string of the molecule is CCC(CO)NCc1ccc2ncccc2c1. The molecule has 0 aliphatic rings. The summed E-state index contributed by atoms with van der Waals surface area (Å²) in [5, 5.41) is 13.6. The summed E-state index contributed by atoms with van der Waals surface area (Å²) in [6.07, 6.45) is 2.74. The molecule has 1 heterocycles. The van der Waals surface area contributed by atoms with Gasteiger partial charge in [0.15, 0.2) is 0 Å². The minimum atomic E-state index is 0.180. The third-order valence-corrected chi connectivity index (χ3v) is 2.98. The highest BCUT2D eigenvalue weighted by molar-refractivity contribution is 5.78. The second kappa shape index (κ2) is 5.75. The minimum absolute atomic E-state index is 0.180. The number of hydrogen-bond acceptors (Lipinski definition) is 3. The Labute approximate surface area is 102 Å². The van der Waals surface area contributed by atoms with Gasteiger partial charge in [0, 0.05) is 24.2 Å². The molecular weight excluding hydrogens is 212 g/mol. The van der Waals surface area contributed by atoms with Crippen molar-refractivity contribution in [1.29, 1.82) is 0 Å². The molecule has 0 aliphatic carbocycles. The Morgan fingerprint density at radius 2 is 2.24 bits per heavy atom. The molecule has 0 spiro atoms. The largest absolute Gasteiger partial charge is 0.395 e. The van der Waals surface area contributed by atoms with Gasteiger partial charge in [0.05, 0.1) is 12.1 Å². The lowest BCUT2D eigenvalue weighted by molar-refractivity contribution is 0.238. The highest BCUT2D eigenvalue weighted by Gasteiger charge is 2.03. The number of nitrogens with one attached hydrogen (secondary N) is 1. The summed E-state index contributed by atoms with van der Waals surface area (Å²) in [5.41, 5.74) is 2.24. The van der Waals surface area contributed by atoms with Crippen molar-refractivity contribution in [2.24, 2.45) is 0 Å². The van der Waals surface area contributed by atoms with Gasteiger partial charge in [-0.25, -0.2) is 0 Å². The monoisotopic (exact) mass is 230 g/mol. The van der Waals surface area contributed by atoms with E-state index < -0.39 is 0 Å². The van der Waals surface area contributed by atoms with Gasteiger partial charge >= 0.3 is 0 Å². The second-order valence-electron chi connectivity index (χ2n) is 4.20. The van der Waals surface area contributed by atoms with E-state index >= 15 is 0 Å². The molecule has 2 aromatic rings. The highest BCUT2D eigenvalue weighted by Crippen LogP contribution is 2.13. The number of aliphatic hydroxyl groups excluding tert-OH is 1. The molecule has 0 saturated heterocycles. The first kappa shape index (κ1) is 12.0. The summed E-state index contributed by atoms with van der Waals surface area (Å²) in [7, 11) is 0. The fourth-order valence-corrected chi connectivity index (χ4v) is 1.84. The van der Waals surface area contributed by atoms with E-state index in [0.29, 0.717) is 0 Å². The van der Waals surface area contributed by atoms with Crippen LogP contribution in [0.2, 0.25) is 0 Å². The maximum absolute atomic E-state index is 9.10. The number of fused-ring (bicyclic) bond motifs is 1. The third-order valence-electron chi connectivity index (χ3n) is 2.98. The van der Waals surface area contributed by atoms with E-state index in [1.54, 1.807) is 6.20 Å². The molecule has 0 amide bonds. The Hall–Kier alpha value is -1.45. The third kappa shape index (κ3) is 3.02. The Kier molecular flexibility index (Phi) is 4.07. The van der Waals surface area contributed by atoms with Crippen LogP contribution in [-0.4, -0.2) is 22.7 Å². The fourth-order valence-electron chi connectivity index (χ4n) is 1.84. The lowest BCUT2D eigenvalue weighted by Crippen LogP contribution is -2.31. The van der Waals surface area contributed by atoms with Gasteiger partial charge in [-0.2, -0.15) is 0 Å². The van der Waals surface area contributed by atoms with Gasteiger partial charge in [0.1, 0.15) is 0 Å². The molecule has 1 unspecified atom stereocenters. The highest BCUT2D eigenvalue weighted by atomic mass is 16.3. The number of pyridine rings is 1. The summed E-state index contributed by atoms with van der Waals surface area (Å²) in [4.78, 5) is 4.29. The van der Waals surface area contributed by atoms with Crippen LogP contribution in [0.3, 0.4) is 0 Å². The van der Waals surface area contributed by atoms with Crippen molar-refractivity contribution < 1.29 is 5.11 Å². The zero-order valence-electron chi connectivity index (χ0n) is 10.1. The maximum Gasteiger partial charge on any atom is 0.0702 e. The number of hydrogen-bond donors (Lipinski definition) is 2. The molecule has 0 fully saturated rings. The average Bonchev–Trinajstić information content (AvgIpc) is 2.40. The Balaban J connectivity index is 2.09. The van der Waals surface area contributed by atoms with Gasteiger partial charge in [0.25, 0.3) is 0 Å². The predicted octanol–water partition coefficient (Wildman–Crippen LogP) is 2.10. The number of benzene rings is 1. The zero-order valence-corrected chi connectivity index (χ0v) is 10.1. The molecule has 3 nitrogen and oxygen atoms in total. The van der Waals surface area contributed by atoms with E-state index in [1.807, 2.05) is 12.1 Å². The van der Waals surface area contributed by atoms with Crippen molar-refractivity contribution in [3.63, 3.8) is 0 Å². The fraction of sp³-hybridized carbons (Fsp3) is 0.357. The van der Waals surface area contributed by atoms with Gasteiger partial charge in [-0.15, -0.1) is 0 Å². The molecule has 1 aromatic heterocycles. The van der Waals surface area contributed by atoms with Crippen LogP contribution in [0.25, 0.3) is 10.9 Å². The van der Waals surface area contributed by atoms with Crippen molar-refractivity contribution in [2.75, 3.05) is 6.61 Å². The van der Waals surface area contributed by atoms with Crippen LogP contribution in [-0.2, 0) is 6.54 Å². The van der Waals surface area contributed by atoms with Gasteiger partial charge in [0.2, 0.25) is 0 Å². The van der Waals surface area contributed by atoms with E-state index in [4.69, 9.17) is 5.11 Å². The van der Waals surface area contributed by atoms with Crippen LogP contribution in [0.1, 0.15) is 18.9 Å². The van der Waals surface area contributed by atoms with E-state index in [2.05, 4.69) is 35.4 Å². The van der Waals surface area contributed by atoms with Crippen molar-refractivity contribution in [3.05, 3.63) is 42.1 Å². The summed E-state index contributed by atoms with van der Waals surface area (Å²) in [6, 6.07) is 10.4. The molecule has 0 bridgehead atoms. The van der Waals surface area contributed by atoms with Crippen LogP contribution < -0.4 is 5.32 Å². The van der Waals surface area contributed by atoms with Gasteiger partial charge in [-0.1, -0.05) is 19.1 Å². The van der Waals surface area contributed by atoms with E-state index in [-0.39, 0.29) is 12.6 Å². The number of rotatable bonds is 5. The molecule has 1 aromatic carbocycles. The Bertz CT molecular complexity index is 480. The van der Waals surface area contributed by atoms with Crippen molar-refractivity contribution in [3.8, 4) is 0 Å². The smallest absolute Gasteiger partial charge is 0.0702 e. The van der Waals surface area contributed by atoms with Crippen LogP contribution in [0, 0.1) is 0 Å². The Morgan fingerprint density at radius 3 is 3.00 bits per heavy atom. The van der Waals surface area contributed by atoms with Crippen molar-refractivity contribution in [1.82, 2.24) is 10.3 Å². The van der Waals surface area contributed by atoms with E-state index in [0.717, 1.165) is 23.9 Å². The molecule has 0 aliphatic heterocycles. The van der Waals surface area contributed by atoms with E-state index in [9.17, 15) is 0 Å². The Morgan fingerprint density at radius 1 is 1.35 bits per heavy atom. The zero-order chi connectivity index (χ0) is 12.1. The number of aliphatic hydroxyl groups is 1. The van der Waals surface area contributed by atoms with Crippen LogP contribution >= 0.6 is 0 Å². The van der Waals surface area contributed by atoms with Crippen molar-refractivity contribution in [2.45, 2.75) is 25.9 Å². The number of nitrogens with zero attached hydrogens (tertiary/aromatic N) is 1. The average molecular weight is 230 g/mol. The van der Waals surface area contributed by atoms with Crippen LogP contribution in [0.4, 0.5) is 0 Å². The molecule has 1 atom stereocenters. The van der Waals surface area contributed by atoms with Crippen molar-refractivity contribution >= 4 is 10.9 Å². The topological polar surface area (TPSA) is 45.1 Å². The van der Waals surface area contributed by atoms with Gasteiger partial charge in [-0.05, 0) is 30.2 Å². The lowest BCUT2D eigenvalue weighted by atomic mass is 10.1. The standard InChI is InChI=1S/C14H18N2O/c1-2-13(10-17)16-9-11-5-6-14-12(8-11)4-3-7-15-14/h3-8,13,16-17H,2,9-10H2,1H3. The van der Waals surface area contributed by atoms with Crippen LogP contribution in [0.5, 0.6) is 0 Å². The molecule has 0 radical (unpaired) electrons. The predicted molar refractivity (Wildman–Crippen MR) is 69.7 cm³/mol. The van der Waals surface area contributed by atoms with E-state index in [1.165, 1.54) is 5.56 Å². The summed E-state index contributed by atoms with van der Waals surface area (Å²) < 4.78 is 0. The quantitative estimate of drug-likeness (QED) is 0.826. The summed E-state index contributed by atoms with van der Waals surface area (Å²) in [6.45, 7) is 3.04. The normalized spacial score (nSPS) is 12.8. The first-order chi connectivity index (χ1) is 8.33.